The van der Waals surface area contributed by atoms with Crippen LogP contribution < -0.4 is 0 Å². The summed E-state index contributed by atoms with van der Waals surface area (Å²) in [5.41, 5.74) is 14.7. The van der Waals surface area contributed by atoms with Gasteiger partial charge in [0.2, 0.25) is 5.95 Å². The van der Waals surface area contributed by atoms with E-state index in [9.17, 15) is 0 Å². The molecule has 0 amide bonds. The average molecular weight is 779 g/mol. The molecule has 0 N–H and O–H groups in total. The fourth-order valence-corrected chi connectivity index (χ4v) is 9.57. The lowest BCUT2D eigenvalue weighted by Gasteiger charge is -2.13. The van der Waals surface area contributed by atoms with Gasteiger partial charge in [-0.15, -0.1) is 0 Å². The van der Waals surface area contributed by atoms with E-state index in [1.165, 1.54) is 27.4 Å². The van der Waals surface area contributed by atoms with Gasteiger partial charge in [0.1, 0.15) is 11.2 Å². The maximum Gasteiger partial charge on any atom is 0.235 e. The molecule has 5 nitrogen and oxygen atoms in total. The lowest BCUT2D eigenvalue weighted by atomic mass is 9.98. The summed E-state index contributed by atoms with van der Waals surface area (Å²) in [5, 5.41) is 8.00. The zero-order chi connectivity index (χ0) is 40.0. The average Bonchev–Trinajstić information content (AvgIpc) is 3.99. The summed E-state index contributed by atoms with van der Waals surface area (Å²) < 4.78 is 11.0. The second kappa shape index (κ2) is 13.1. The molecule has 0 aliphatic rings. The van der Waals surface area contributed by atoms with E-state index in [4.69, 9.17) is 14.4 Å². The van der Waals surface area contributed by atoms with Gasteiger partial charge in [0.15, 0.2) is 0 Å². The summed E-state index contributed by atoms with van der Waals surface area (Å²) in [6.07, 6.45) is 0. The van der Waals surface area contributed by atoms with Crippen molar-refractivity contribution in [3.05, 3.63) is 206 Å². The number of hydrogen-bond donors (Lipinski definition) is 0. The zero-order valence-corrected chi connectivity index (χ0v) is 32.8. The number of fused-ring (bicyclic) bond motifs is 10. The molecule has 0 aliphatic heterocycles. The Morgan fingerprint density at radius 2 is 0.918 bits per heavy atom. The zero-order valence-electron chi connectivity index (χ0n) is 32.8. The third-order valence-electron chi connectivity index (χ3n) is 12.3. The van der Waals surface area contributed by atoms with Gasteiger partial charge in [-0.25, -0.2) is 9.97 Å². The Kier molecular flexibility index (Phi) is 7.24. The van der Waals surface area contributed by atoms with E-state index in [1.54, 1.807) is 0 Å². The summed E-state index contributed by atoms with van der Waals surface area (Å²) >= 11 is 0. The molecule has 5 heteroatoms. The largest absolute Gasteiger partial charge is 0.455 e. The van der Waals surface area contributed by atoms with Crippen molar-refractivity contribution in [1.82, 2.24) is 19.1 Å². The van der Waals surface area contributed by atoms with E-state index >= 15 is 0 Å². The minimum atomic E-state index is 0.632. The van der Waals surface area contributed by atoms with Crippen LogP contribution in [-0.4, -0.2) is 19.1 Å². The first kappa shape index (κ1) is 33.7. The van der Waals surface area contributed by atoms with Gasteiger partial charge in [0.25, 0.3) is 0 Å². The number of hydrogen-bond acceptors (Lipinski definition) is 3. The Labute approximate surface area is 350 Å². The molecule has 0 unspecified atom stereocenters. The normalized spacial score (nSPS) is 11.9. The standard InChI is InChI=1S/C56H34N4O/c1-2-16-39(17-3-1)59-49-25-9-5-18-41(49)46-33-35(28-30-51(46)59)36-29-31-52-47(34-36)42-19-6-10-26-50(42)60(52)56-57-48-24-8-4-21-45(48)54(58-56)38-15-12-14-37(32-38)40-22-13-23-44-43-20-7-11-27-53(43)61-55(40)44/h1-34H. The van der Waals surface area contributed by atoms with Gasteiger partial charge in [-0.3, -0.25) is 4.57 Å². The molecular weight excluding hydrogens is 745 g/mol. The first-order valence-electron chi connectivity index (χ1n) is 20.7. The molecule has 0 bridgehead atoms. The van der Waals surface area contributed by atoms with Crippen LogP contribution >= 0.6 is 0 Å². The van der Waals surface area contributed by atoms with Crippen molar-refractivity contribution in [3.8, 4) is 45.1 Å². The summed E-state index contributed by atoms with van der Waals surface area (Å²) in [6, 6.07) is 73.1. The predicted molar refractivity (Wildman–Crippen MR) is 252 cm³/mol. The molecule has 4 aromatic heterocycles. The van der Waals surface area contributed by atoms with Gasteiger partial charge < -0.3 is 8.98 Å². The maximum absolute atomic E-state index is 6.46. The Morgan fingerprint density at radius 1 is 0.344 bits per heavy atom. The van der Waals surface area contributed by atoms with Crippen LogP contribution in [0.1, 0.15) is 0 Å². The summed E-state index contributed by atoms with van der Waals surface area (Å²) in [5.74, 6) is 0.632. The lowest BCUT2D eigenvalue weighted by Crippen LogP contribution is -2.03. The monoisotopic (exact) mass is 778 g/mol. The van der Waals surface area contributed by atoms with Crippen LogP contribution in [-0.2, 0) is 0 Å². The summed E-state index contributed by atoms with van der Waals surface area (Å²) in [7, 11) is 0. The predicted octanol–water partition coefficient (Wildman–Crippen LogP) is 14.7. The van der Waals surface area contributed by atoms with E-state index in [0.29, 0.717) is 5.95 Å². The van der Waals surface area contributed by atoms with Crippen LogP contribution in [0.2, 0.25) is 0 Å². The number of benzene rings is 9. The minimum Gasteiger partial charge on any atom is -0.455 e. The Hall–Kier alpha value is -8.28. The number of nitrogens with zero attached hydrogens (tertiary/aromatic N) is 4. The summed E-state index contributed by atoms with van der Waals surface area (Å²) in [4.78, 5) is 10.7. The van der Waals surface area contributed by atoms with E-state index in [2.05, 4.69) is 197 Å². The second-order valence-electron chi connectivity index (χ2n) is 15.8. The second-order valence-corrected chi connectivity index (χ2v) is 15.8. The van der Waals surface area contributed by atoms with E-state index < -0.39 is 0 Å². The molecule has 4 heterocycles. The van der Waals surface area contributed by atoms with Gasteiger partial charge in [-0.1, -0.05) is 140 Å². The molecule has 0 radical (unpaired) electrons. The highest BCUT2D eigenvalue weighted by molar-refractivity contribution is 6.13. The third kappa shape index (κ3) is 5.14. The van der Waals surface area contributed by atoms with E-state index in [0.717, 1.165) is 88.3 Å². The van der Waals surface area contributed by atoms with Crippen molar-refractivity contribution in [2.24, 2.45) is 0 Å². The highest BCUT2D eigenvalue weighted by Gasteiger charge is 2.20. The van der Waals surface area contributed by atoms with Crippen molar-refractivity contribution < 1.29 is 4.42 Å². The van der Waals surface area contributed by atoms with Gasteiger partial charge in [-0.2, -0.15) is 0 Å². The number of rotatable bonds is 5. The van der Waals surface area contributed by atoms with Crippen molar-refractivity contribution in [2.45, 2.75) is 0 Å². The molecule has 0 aliphatic carbocycles. The Bertz CT molecular complexity index is 3890. The van der Waals surface area contributed by atoms with Crippen molar-refractivity contribution in [2.75, 3.05) is 0 Å². The van der Waals surface area contributed by atoms with Crippen LogP contribution in [0.15, 0.2) is 211 Å². The minimum absolute atomic E-state index is 0.632. The van der Waals surface area contributed by atoms with Crippen LogP contribution in [0.25, 0.3) is 122 Å². The fourth-order valence-electron chi connectivity index (χ4n) is 9.57. The third-order valence-corrected chi connectivity index (χ3v) is 12.3. The highest BCUT2D eigenvalue weighted by Crippen LogP contribution is 2.40. The van der Waals surface area contributed by atoms with Crippen molar-refractivity contribution >= 4 is 76.5 Å². The van der Waals surface area contributed by atoms with E-state index in [-0.39, 0.29) is 0 Å². The molecule has 0 atom stereocenters. The van der Waals surface area contributed by atoms with Crippen LogP contribution in [0.4, 0.5) is 0 Å². The van der Waals surface area contributed by atoms with Crippen LogP contribution in [0.5, 0.6) is 0 Å². The molecule has 284 valence electrons. The lowest BCUT2D eigenvalue weighted by molar-refractivity contribution is 0.670. The number of para-hydroxylation sites is 6. The molecule has 13 aromatic rings. The smallest absolute Gasteiger partial charge is 0.235 e. The number of furan rings is 1. The van der Waals surface area contributed by atoms with Crippen LogP contribution in [0.3, 0.4) is 0 Å². The molecule has 0 saturated heterocycles. The van der Waals surface area contributed by atoms with Gasteiger partial charge in [-0.05, 0) is 83.4 Å². The first-order valence-corrected chi connectivity index (χ1v) is 20.7. The molecule has 0 fully saturated rings. The quantitative estimate of drug-likeness (QED) is 0.175. The van der Waals surface area contributed by atoms with Crippen molar-refractivity contribution in [1.29, 1.82) is 0 Å². The van der Waals surface area contributed by atoms with Gasteiger partial charge in [0.05, 0.1) is 33.3 Å². The van der Waals surface area contributed by atoms with Crippen molar-refractivity contribution in [3.63, 3.8) is 0 Å². The van der Waals surface area contributed by atoms with Gasteiger partial charge >= 0.3 is 0 Å². The summed E-state index contributed by atoms with van der Waals surface area (Å²) in [6.45, 7) is 0. The first-order chi connectivity index (χ1) is 30.2. The molecule has 13 rings (SSSR count). The molecule has 9 aromatic carbocycles. The molecule has 0 spiro atoms. The van der Waals surface area contributed by atoms with Crippen LogP contribution in [0, 0.1) is 0 Å². The van der Waals surface area contributed by atoms with E-state index in [1.807, 2.05) is 18.2 Å². The highest BCUT2D eigenvalue weighted by atomic mass is 16.3. The number of aromatic nitrogens is 4. The Morgan fingerprint density at radius 3 is 1.69 bits per heavy atom. The van der Waals surface area contributed by atoms with Gasteiger partial charge in [0, 0.05) is 54.5 Å². The molecule has 0 saturated carbocycles. The molecule has 61 heavy (non-hydrogen) atoms. The Balaban J connectivity index is 0.970. The topological polar surface area (TPSA) is 48.8 Å². The maximum atomic E-state index is 6.46. The fraction of sp³-hybridized carbons (Fsp3) is 0. The molecular formula is C56H34N4O. The SMILES string of the molecule is c1ccc(-n2c3ccccc3c3cc(-c4ccc5c(c4)c4ccccc4n5-c4nc(-c5cccc(-c6cccc7c6oc6ccccc67)c5)c5ccccc5n4)ccc32)cc1.